The van der Waals surface area contributed by atoms with Crippen LogP contribution in [0.5, 0.6) is 5.75 Å². The van der Waals surface area contributed by atoms with Gasteiger partial charge in [-0.2, -0.15) is 0 Å². The average molecular weight is 416 g/mol. The predicted octanol–water partition coefficient (Wildman–Crippen LogP) is 5.81. The topological polar surface area (TPSA) is 46.6 Å². The molecule has 0 radical (unpaired) electrons. The van der Waals surface area contributed by atoms with Gasteiger partial charge in [0.05, 0.1) is 11.4 Å². The molecule has 4 nitrogen and oxygen atoms in total. The highest BCUT2D eigenvalue weighted by Crippen LogP contribution is 2.33. The normalized spacial score (nSPS) is 15.1. The average Bonchev–Trinajstić information content (AvgIpc) is 3.02. The second kappa shape index (κ2) is 9.01. The fraction of sp³-hybridized carbons (Fsp3) is 0.120. The number of nitrogens with zero attached hydrogens (tertiary/aromatic N) is 1. The van der Waals surface area contributed by atoms with E-state index < -0.39 is 0 Å². The van der Waals surface area contributed by atoms with Crippen molar-refractivity contribution in [2.75, 3.05) is 0 Å². The molecule has 1 heterocycles. The maximum absolute atomic E-state index is 12.7. The van der Waals surface area contributed by atoms with Crippen molar-refractivity contribution in [1.29, 1.82) is 0 Å². The van der Waals surface area contributed by atoms with Crippen LogP contribution in [0.15, 0.2) is 83.8 Å². The summed E-state index contributed by atoms with van der Waals surface area (Å²) in [5.74, 6) is 0.501. The molecule has 4 rings (SSSR count). The first kappa shape index (κ1) is 20.0. The van der Waals surface area contributed by atoms with Crippen LogP contribution in [0.3, 0.4) is 0 Å². The number of amides is 2. The number of ether oxygens (including phenoxy) is 1. The number of hydrogen-bond donors (Lipinski definition) is 0. The van der Waals surface area contributed by atoms with Crippen LogP contribution >= 0.6 is 11.8 Å². The molecule has 0 bridgehead atoms. The van der Waals surface area contributed by atoms with Gasteiger partial charge in [-0.3, -0.25) is 14.5 Å². The van der Waals surface area contributed by atoms with E-state index in [-0.39, 0.29) is 17.7 Å². The summed E-state index contributed by atoms with van der Waals surface area (Å²) in [5.41, 5.74) is 4.12. The quantitative estimate of drug-likeness (QED) is 0.477. The Hall–Kier alpha value is -3.31. The number of rotatable bonds is 6. The van der Waals surface area contributed by atoms with E-state index in [1.807, 2.05) is 66.7 Å². The van der Waals surface area contributed by atoms with Gasteiger partial charge in [-0.25, -0.2) is 0 Å². The zero-order valence-electron chi connectivity index (χ0n) is 16.6. The number of carbonyl (C=O) groups excluding carboxylic acids is 2. The summed E-state index contributed by atoms with van der Waals surface area (Å²) in [4.78, 5) is 26.7. The molecular formula is C25H21NO3S. The summed E-state index contributed by atoms with van der Waals surface area (Å²) in [6.07, 6.45) is 1.75. The number of benzene rings is 3. The Bertz CT molecular complexity index is 1090. The lowest BCUT2D eigenvalue weighted by Gasteiger charge is -2.12. The van der Waals surface area contributed by atoms with E-state index in [1.165, 1.54) is 10.5 Å². The molecule has 5 heteroatoms. The Morgan fingerprint density at radius 2 is 1.60 bits per heavy atom. The highest BCUT2D eigenvalue weighted by molar-refractivity contribution is 8.18. The number of imide groups is 1. The second-order valence-electron chi connectivity index (χ2n) is 7.04. The van der Waals surface area contributed by atoms with Gasteiger partial charge in [0.15, 0.2) is 0 Å². The number of hydrogen-bond acceptors (Lipinski definition) is 4. The van der Waals surface area contributed by atoms with Gasteiger partial charge in [0.1, 0.15) is 12.4 Å². The molecule has 0 saturated carbocycles. The van der Waals surface area contributed by atoms with Gasteiger partial charge >= 0.3 is 0 Å². The first-order chi connectivity index (χ1) is 14.6. The molecule has 0 spiro atoms. The van der Waals surface area contributed by atoms with Crippen LogP contribution in [0.2, 0.25) is 0 Å². The molecule has 30 heavy (non-hydrogen) atoms. The van der Waals surface area contributed by atoms with Crippen molar-refractivity contribution in [1.82, 2.24) is 4.90 Å². The smallest absolute Gasteiger partial charge is 0.293 e. The van der Waals surface area contributed by atoms with Gasteiger partial charge in [-0.1, -0.05) is 66.7 Å². The lowest BCUT2D eigenvalue weighted by molar-refractivity contribution is -0.123. The van der Waals surface area contributed by atoms with Gasteiger partial charge < -0.3 is 4.74 Å². The lowest BCUT2D eigenvalue weighted by Crippen LogP contribution is -2.27. The van der Waals surface area contributed by atoms with Crippen LogP contribution in [0.4, 0.5) is 4.79 Å². The van der Waals surface area contributed by atoms with Crippen LogP contribution in [-0.4, -0.2) is 16.0 Å². The zero-order valence-corrected chi connectivity index (χ0v) is 17.4. The molecule has 1 aliphatic heterocycles. The number of aryl methyl sites for hydroxylation is 1. The summed E-state index contributed by atoms with van der Waals surface area (Å²) < 4.78 is 5.86. The van der Waals surface area contributed by atoms with Crippen molar-refractivity contribution in [2.24, 2.45) is 0 Å². The molecule has 1 saturated heterocycles. The van der Waals surface area contributed by atoms with E-state index in [9.17, 15) is 9.59 Å². The van der Waals surface area contributed by atoms with Crippen molar-refractivity contribution in [2.45, 2.75) is 20.1 Å². The van der Waals surface area contributed by atoms with Crippen LogP contribution in [-0.2, 0) is 17.9 Å². The maximum Gasteiger partial charge on any atom is 0.293 e. The molecule has 0 aromatic heterocycles. The highest BCUT2D eigenvalue weighted by atomic mass is 32.2. The summed E-state index contributed by atoms with van der Waals surface area (Å²) in [5, 5.41) is -0.242. The van der Waals surface area contributed by atoms with E-state index in [1.54, 1.807) is 6.08 Å². The fourth-order valence-electron chi connectivity index (χ4n) is 3.15. The molecule has 1 aliphatic rings. The second-order valence-corrected chi connectivity index (χ2v) is 8.03. The van der Waals surface area contributed by atoms with Gasteiger partial charge in [-0.05, 0) is 59.1 Å². The Morgan fingerprint density at radius 3 is 2.33 bits per heavy atom. The molecule has 0 unspecified atom stereocenters. The van der Waals surface area contributed by atoms with E-state index in [0.29, 0.717) is 11.5 Å². The molecule has 1 fully saturated rings. The van der Waals surface area contributed by atoms with Crippen LogP contribution in [0.1, 0.15) is 22.3 Å². The molecular weight excluding hydrogens is 394 g/mol. The third kappa shape index (κ3) is 4.63. The van der Waals surface area contributed by atoms with Crippen molar-refractivity contribution >= 4 is 29.0 Å². The number of thioether (sulfide) groups is 1. The Labute approximate surface area is 180 Å². The van der Waals surface area contributed by atoms with Crippen molar-refractivity contribution in [3.63, 3.8) is 0 Å². The lowest BCUT2D eigenvalue weighted by atomic mass is 10.1. The predicted molar refractivity (Wildman–Crippen MR) is 120 cm³/mol. The van der Waals surface area contributed by atoms with Crippen molar-refractivity contribution < 1.29 is 14.3 Å². The van der Waals surface area contributed by atoms with Gasteiger partial charge in [0.2, 0.25) is 0 Å². The zero-order chi connectivity index (χ0) is 20.9. The van der Waals surface area contributed by atoms with Crippen LogP contribution in [0.25, 0.3) is 6.08 Å². The monoisotopic (exact) mass is 415 g/mol. The SMILES string of the molecule is Cc1ccccc1COc1ccc(/C=C2\SC(=O)N(Cc3ccccc3)C2=O)cc1. The Balaban J connectivity index is 1.41. The standard InChI is InChI=1S/C25H21NO3S/c1-18-7-5-6-10-21(18)17-29-22-13-11-19(12-14-22)15-23-24(27)26(25(28)30-23)16-20-8-3-2-4-9-20/h2-15H,16-17H2,1H3/b23-15-. The van der Waals surface area contributed by atoms with Gasteiger partial charge in [0.25, 0.3) is 11.1 Å². The van der Waals surface area contributed by atoms with E-state index >= 15 is 0 Å². The Kier molecular flexibility index (Phi) is 6.00. The Morgan fingerprint density at radius 1 is 0.900 bits per heavy atom. The minimum atomic E-state index is -0.256. The molecule has 0 atom stereocenters. The van der Waals surface area contributed by atoms with Crippen molar-refractivity contribution in [3.05, 3.63) is 106 Å². The summed E-state index contributed by atoms with van der Waals surface area (Å²) >= 11 is 0.976. The first-order valence-electron chi connectivity index (χ1n) is 9.67. The third-order valence-electron chi connectivity index (χ3n) is 4.89. The minimum Gasteiger partial charge on any atom is -0.489 e. The molecule has 150 valence electrons. The summed E-state index contributed by atoms with van der Waals surface area (Å²) in [6.45, 7) is 2.85. The summed E-state index contributed by atoms with van der Waals surface area (Å²) in [6, 6.07) is 25.2. The van der Waals surface area contributed by atoms with E-state index in [2.05, 4.69) is 19.1 Å². The van der Waals surface area contributed by atoms with E-state index in [0.717, 1.165) is 34.2 Å². The summed E-state index contributed by atoms with van der Waals surface area (Å²) in [7, 11) is 0. The van der Waals surface area contributed by atoms with Crippen LogP contribution < -0.4 is 4.74 Å². The fourth-order valence-corrected chi connectivity index (χ4v) is 3.99. The van der Waals surface area contributed by atoms with Gasteiger partial charge in [-0.15, -0.1) is 0 Å². The molecule has 0 N–H and O–H groups in total. The number of carbonyl (C=O) groups is 2. The molecule has 0 aliphatic carbocycles. The molecule has 2 amide bonds. The third-order valence-corrected chi connectivity index (χ3v) is 5.80. The van der Waals surface area contributed by atoms with E-state index in [4.69, 9.17) is 4.74 Å². The minimum absolute atomic E-state index is 0.242. The van der Waals surface area contributed by atoms with Crippen LogP contribution in [0, 0.1) is 6.92 Å². The molecule has 3 aromatic rings. The molecule has 3 aromatic carbocycles. The van der Waals surface area contributed by atoms with Crippen molar-refractivity contribution in [3.8, 4) is 5.75 Å². The highest BCUT2D eigenvalue weighted by Gasteiger charge is 2.34. The maximum atomic E-state index is 12.7. The van der Waals surface area contributed by atoms with Gasteiger partial charge in [0, 0.05) is 0 Å². The first-order valence-corrected chi connectivity index (χ1v) is 10.5. The largest absolute Gasteiger partial charge is 0.489 e.